The van der Waals surface area contributed by atoms with E-state index in [2.05, 4.69) is 10.2 Å². The average molecular weight is 200 g/mol. The van der Waals surface area contributed by atoms with E-state index in [1.54, 1.807) is 6.26 Å². The maximum Gasteiger partial charge on any atom is 1.00 e. The number of aliphatic carboxylic acids is 1. The summed E-state index contributed by atoms with van der Waals surface area (Å²) >= 11 is 0.943. The molecule has 0 aromatic carbocycles. The first kappa shape index (κ1) is 12.0. The first-order chi connectivity index (χ1) is 4.71. The van der Waals surface area contributed by atoms with Crippen molar-refractivity contribution in [2.75, 3.05) is 13.0 Å². The van der Waals surface area contributed by atoms with Gasteiger partial charge in [-0.15, -0.1) is 5.11 Å². The number of nitrogens with zero attached hydrogens (tertiary/aromatic N) is 2. The molecule has 1 unspecified atom stereocenters. The van der Waals surface area contributed by atoms with Gasteiger partial charge < -0.3 is 14.6 Å². The number of azo groups is 1. The Morgan fingerprint density at radius 1 is 1.82 bits per heavy atom. The molecule has 0 saturated carbocycles. The summed E-state index contributed by atoms with van der Waals surface area (Å²) in [5.74, 6) is -1.36. The number of ether oxygens (including phenoxy) is 1. The molecule has 0 amide bonds. The van der Waals surface area contributed by atoms with E-state index in [-0.39, 0.29) is 58.1 Å². The van der Waals surface area contributed by atoms with Crippen LogP contribution in [0.1, 0.15) is 0 Å². The molecular formula is C4H5KN2O3S. The zero-order valence-corrected chi connectivity index (χ0v) is 10.2. The maximum absolute atomic E-state index is 10.3. The number of carboxylic acids is 1. The van der Waals surface area contributed by atoms with Gasteiger partial charge in [0.25, 0.3) is 5.06 Å². The van der Waals surface area contributed by atoms with Gasteiger partial charge >= 0.3 is 51.4 Å². The van der Waals surface area contributed by atoms with E-state index in [1.165, 1.54) is 0 Å². The zero-order valence-electron chi connectivity index (χ0n) is 6.23. The van der Waals surface area contributed by atoms with Crippen LogP contribution < -0.4 is 56.5 Å². The van der Waals surface area contributed by atoms with E-state index >= 15 is 0 Å². The van der Waals surface area contributed by atoms with E-state index in [1.807, 2.05) is 0 Å². The number of hydrogen-bond donors (Lipinski definition) is 0. The molecule has 0 aliphatic carbocycles. The zero-order chi connectivity index (χ0) is 7.61. The third-order valence-corrected chi connectivity index (χ3v) is 1.97. The first-order valence-electron chi connectivity index (χ1n) is 2.50. The van der Waals surface area contributed by atoms with Gasteiger partial charge in [-0.25, -0.2) is 0 Å². The molecule has 11 heavy (non-hydrogen) atoms. The van der Waals surface area contributed by atoms with Crippen LogP contribution in [0.3, 0.4) is 0 Å². The Balaban J connectivity index is 0.000001000. The Kier molecular flexibility index (Phi) is 5.35. The van der Waals surface area contributed by atoms with Gasteiger partial charge in [0.05, 0.1) is 0 Å². The Labute approximate surface area is 110 Å². The summed E-state index contributed by atoms with van der Waals surface area (Å²) < 4.78 is 4.72. The molecule has 0 radical (unpaired) electrons. The molecule has 1 atom stereocenters. The number of carbonyl (C=O) groups is 1. The van der Waals surface area contributed by atoms with E-state index in [0.29, 0.717) is 0 Å². The fourth-order valence-corrected chi connectivity index (χ4v) is 1.03. The van der Waals surface area contributed by atoms with Gasteiger partial charge in [-0.3, -0.25) is 0 Å². The van der Waals surface area contributed by atoms with Crippen LogP contribution in [0.4, 0.5) is 0 Å². The van der Waals surface area contributed by atoms with E-state index in [0.717, 1.165) is 11.8 Å². The SMILES string of the molecule is CSC1(C(=O)[O-])N=NCO1.[K+]. The van der Waals surface area contributed by atoms with Crippen LogP contribution in [0.15, 0.2) is 10.2 Å². The molecule has 1 aliphatic heterocycles. The molecule has 0 N–H and O–H groups in total. The summed E-state index contributed by atoms with van der Waals surface area (Å²) in [7, 11) is 0. The minimum absolute atomic E-state index is 0. The molecule has 1 heterocycles. The predicted octanol–water partition coefficient (Wildman–Crippen LogP) is -3.80. The third-order valence-electron chi connectivity index (χ3n) is 1.05. The molecular weight excluding hydrogens is 195 g/mol. The second kappa shape index (κ2) is 4.90. The molecule has 0 bridgehead atoms. The fraction of sp³-hybridized carbons (Fsp3) is 0.750. The van der Waals surface area contributed by atoms with Crippen LogP contribution in [0.5, 0.6) is 0 Å². The molecule has 0 aromatic rings. The summed E-state index contributed by atoms with van der Waals surface area (Å²) in [6.07, 6.45) is 1.57. The van der Waals surface area contributed by atoms with Crippen LogP contribution in [0.25, 0.3) is 0 Å². The second-order valence-electron chi connectivity index (χ2n) is 1.59. The van der Waals surface area contributed by atoms with Crippen molar-refractivity contribution in [1.29, 1.82) is 0 Å². The van der Waals surface area contributed by atoms with Crippen molar-refractivity contribution >= 4 is 17.7 Å². The van der Waals surface area contributed by atoms with Crippen LogP contribution in [0.2, 0.25) is 0 Å². The Bertz CT molecular complexity index is 188. The largest absolute Gasteiger partial charge is 1.00 e. The number of carboxylic acid groups (broad SMARTS) is 1. The van der Waals surface area contributed by atoms with Gasteiger partial charge in [0.1, 0.15) is 5.97 Å². The molecule has 1 rings (SSSR count). The number of carbonyl (C=O) groups excluding carboxylic acids is 1. The van der Waals surface area contributed by atoms with Gasteiger partial charge in [0.2, 0.25) is 0 Å². The molecule has 1 aliphatic rings. The minimum atomic E-state index is -1.58. The van der Waals surface area contributed by atoms with Gasteiger partial charge in [0.15, 0.2) is 6.73 Å². The van der Waals surface area contributed by atoms with Crippen molar-refractivity contribution in [3.8, 4) is 0 Å². The average Bonchev–Trinajstić information content (AvgIpc) is 2.35. The smallest absolute Gasteiger partial charge is 0.544 e. The Hall–Kier alpha value is 1.02. The number of rotatable bonds is 2. The summed E-state index contributed by atoms with van der Waals surface area (Å²) in [5.41, 5.74) is 0. The van der Waals surface area contributed by atoms with Crippen LogP contribution in [0, 0.1) is 0 Å². The fourth-order valence-electron chi connectivity index (χ4n) is 0.550. The van der Waals surface area contributed by atoms with Crippen LogP contribution in [-0.2, 0) is 9.53 Å². The summed E-state index contributed by atoms with van der Waals surface area (Å²) in [6, 6.07) is 0. The minimum Gasteiger partial charge on any atom is -0.544 e. The van der Waals surface area contributed by atoms with E-state index in [4.69, 9.17) is 4.74 Å². The van der Waals surface area contributed by atoms with E-state index < -0.39 is 11.0 Å². The van der Waals surface area contributed by atoms with Crippen molar-refractivity contribution in [2.24, 2.45) is 10.2 Å². The van der Waals surface area contributed by atoms with Crippen molar-refractivity contribution in [3.05, 3.63) is 0 Å². The molecule has 0 saturated heterocycles. The molecule has 7 heteroatoms. The van der Waals surface area contributed by atoms with Crippen molar-refractivity contribution in [3.63, 3.8) is 0 Å². The van der Waals surface area contributed by atoms with Gasteiger partial charge in [-0.05, 0) is 6.26 Å². The molecule has 0 spiro atoms. The van der Waals surface area contributed by atoms with Gasteiger partial charge in [-0.1, -0.05) is 11.8 Å². The molecule has 0 fully saturated rings. The quantitative estimate of drug-likeness (QED) is 0.428. The topological polar surface area (TPSA) is 74.1 Å². The number of thioether (sulfide) groups is 1. The summed E-state index contributed by atoms with van der Waals surface area (Å²) in [4.78, 5) is 10.3. The standard InChI is InChI=1S/C4H6N2O3S.K/c1-10-4(3(7)8)6-5-2-9-4;/h2H2,1H3,(H,7,8);/q;+1/p-1. The first-order valence-corrected chi connectivity index (χ1v) is 3.73. The molecule has 56 valence electrons. The monoisotopic (exact) mass is 200 g/mol. The van der Waals surface area contributed by atoms with Crippen LogP contribution in [-0.4, -0.2) is 24.0 Å². The Morgan fingerprint density at radius 2 is 2.45 bits per heavy atom. The summed E-state index contributed by atoms with van der Waals surface area (Å²) in [5, 5.41) is 15.5. The molecule has 0 aromatic heterocycles. The summed E-state index contributed by atoms with van der Waals surface area (Å²) in [6.45, 7) is -0.00514. The van der Waals surface area contributed by atoms with Crippen molar-refractivity contribution in [2.45, 2.75) is 5.06 Å². The number of hydrogen-bond acceptors (Lipinski definition) is 6. The second-order valence-corrected chi connectivity index (χ2v) is 2.55. The van der Waals surface area contributed by atoms with E-state index in [9.17, 15) is 9.90 Å². The molecule has 5 nitrogen and oxygen atoms in total. The van der Waals surface area contributed by atoms with Gasteiger partial charge in [-0.2, -0.15) is 5.11 Å². The third kappa shape index (κ3) is 2.48. The Morgan fingerprint density at radius 3 is 2.64 bits per heavy atom. The maximum atomic E-state index is 10.3. The predicted molar refractivity (Wildman–Crippen MR) is 32.1 cm³/mol. The van der Waals surface area contributed by atoms with Crippen molar-refractivity contribution in [1.82, 2.24) is 0 Å². The van der Waals surface area contributed by atoms with Crippen LogP contribution >= 0.6 is 11.8 Å². The van der Waals surface area contributed by atoms with Crippen molar-refractivity contribution < 1.29 is 66.0 Å². The van der Waals surface area contributed by atoms with Gasteiger partial charge in [0, 0.05) is 0 Å². The normalized spacial score (nSPS) is 28.1.